The zero-order chi connectivity index (χ0) is 17.5. The Morgan fingerprint density at radius 3 is 2.25 bits per heavy atom. The average Bonchev–Trinajstić information content (AvgIpc) is 2.62. The normalized spacial score (nSPS) is 10.6. The third kappa shape index (κ3) is 3.72. The Kier molecular flexibility index (Phi) is 5.55. The maximum atomic E-state index is 10.6. The van der Waals surface area contributed by atoms with Gasteiger partial charge in [0, 0.05) is 16.3 Å². The fourth-order valence-electron chi connectivity index (χ4n) is 2.11. The molecule has 0 saturated heterocycles. The van der Waals surface area contributed by atoms with E-state index in [1.807, 2.05) is 6.07 Å². The van der Waals surface area contributed by atoms with Crippen molar-refractivity contribution >= 4 is 17.3 Å². The topological polar surface area (TPSA) is 104 Å². The summed E-state index contributed by atoms with van der Waals surface area (Å²) in [6.07, 6.45) is -0.960. The van der Waals surface area contributed by atoms with Gasteiger partial charge in [0.25, 0.3) is 0 Å². The lowest BCUT2D eigenvalue weighted by molar-refractivity contribution is 0.221. The lowest BCUT2D eigenvalue weighted by atomic mass is 9.99. The van der Waals surface area contributed by atoms with Crippen molar-refractivity contribution in [1.29, 1.82) is 15.8 Å². The van der Waals surface area contributed by atoms with Crippen LogP contribution >= 0.6 is 11.6 Å². The Morgan fingerprint density at radius 2 is 1.67 bits per heavy atom. The maximum absolute atomic E-state index is 10.6. The molecule has 6 heteroatoms. The van der Waals surface area contributed by atoms with Crippen molar-refractivity contribution in [2.45, 2.75) is 6.10 Å². The van der Waals surface area contributed by atoms with Gasteiger partial charge in [-0.15, -0.1) is 0 Å². The molecule has 0 aliphatic rings. The lowest BCUT2D eigenvalue weighted by Crippen LogP contribution is -2.07. The Balaban J connectivity index is 2.51. The van der Waals surface area contributed by atoms with Crippen LogP contribution in [0.5, 0.6) is 0 Å². The van der Waals surface area contributed by atoms with Gasteiger partial charge in [0.05, 0.1) is 0 Å². The fraction of sp³-hybridized carbons (Fsp3) is 0.0556. The number of allylic oxidation sites excluding steroid dienone is 2. The molecule has 116 valence electrons. The van der Waals surface area contributed by atoms with E-state index in [1.54, 1.807) is 54.6 Å². The van der Waals surface area contributed by atoms with Gasteiger partial charge in [-0.05, 0) is 17.7 Å². The van der Waals surface area contributed by atoms with E-state index in [2.05, 4.69) is 5.32 Å². The first-order valence-corrected chi connectivity index (χ1v) is 7.22. The number of anilines is 1. The summed E-state index contributed by atoms with van der Waals surface area (Å²) in [7, 11) is 0. The van der Waals surface area contributed by atoms with Crippen LogP contribution < -0.4 is 5.32 Å². The minimum absolute atomic E-state index is 0.205. The van der Waals surface area contributed by atoms with Crippen LogP contribution in [-0.2, 0) is 0 Å². The quantitative estimate of drug-likeness (QED) is 0.830. The number of hydrogen-bond acceptors (Lipinski definition) is 5. The summed E-state index contributed by atoms with van der Waals surface area (Å²) in [5, 5.41) is 40.7. The molecule has 2 rings (SSSR count). The number of nitrogens with zero attached hydrogens (tertiary/aromatic N) is 3. The number of aliphatic hydroxyl groups is 1. The van der Waals surface area contributed by atoms with Gasteiger partial charge in [0.1, 0.15) is 30.0 Å². The molecule has 0 bridgehead atoms. The molecule has 2 aromatic rings. The standard InChI is InChI=1S/C18H11ClN4O/c19-14-6-7-15(18(24)12-4-2-1-3-5-12)16(8-14)23-17(11-22)13(9-20)10-21/h1-8,18,23-24H. The first kappa shape index (κ1) is 17.1. The van der Waals surface area contributed by atoms with Crippen LogP contribution in [0.15, 0.2) is 59.8 Å². The van der Waals surface area contributed by atoms with Gasteiger partial charge >= 0.3 is 0 Å². The summed E-state index contributed by atoms with van der Waals surface area (Å²) in [6, 6.07) is 18.8. The first-order chi connectivity index (χ1) is 11.6. The van der Waals surface area contributed by atoms with Crippen molar-refractivity contribution in [2.24, 2.45) is 0 Å². The summed E-state index contributed by atoms with van der Waals surface area (Å²) in [5.41, 5.74) is 0.916. The second-order valence-corrected chi connectivity index (χ2v) is 5.19. The number of aliphatic hydroxyl groups excluding tert-OH is 1. The third-order valence-electron chi connectivity index (χ3n) is 3.27. The summed E-state index contributed by atoms with van der Waals surface area (Å²) < 4.78 is 0. The molecule has 0 aliphatic carbocycles. The van der Waals surface area contributed by atoms with Crippen LogP contribution in [0.4, 0.5) is 5.69 Å². The molecule has 5 nitrogen and oxygen atoms in total. The molecule has 0 spiro atoms. The van der Waals surface area contributed by atoms with Gasteiger partial charge in [-0.25, -0.2) is 0 Å². The van der Waals surface area contributed by atoms with E-state index in [0.717, 1.165) is 0 Å². The Labute approximate surface area is 144 Å². The van der Waals surface area contributed by atoms with Crippen LogP contribution in [0, 0.1) is 34.0 Å². The van der Waals surface area contributed by atoms with Gasteiger partial charge < -0.3 is 10.4 Å². The predicted molar refractivity (Wildman–Crippen MR) is 89.4 cm³/mol. The van der Waals surface area contributed by atoms with Crippen LogP contribution in [0.3, 0.4) is 0 Å². The number of hydrogen-bond donors (Lipinski definition) is 2. The minimum Gasteiger partial charge on any atom is -0.384 e. The van der Waals surface area contributed by atoms with Crippen LogP contribution in [-0.4, -0.2) is 5.11 Å². The molecular formula is C18H11ClN4O. The van der Waals surface area contributed by atoms with Gasteiger partial charge in [-0.2, -0.15) is 15.8 Å². The monoisotopic (exact) mass is 334 g/mol. The molecule has 2 aromatic carbocycles. The molecule has 2 N–H and O–H groups in total. The average molecular weight is 335 g/mol. The van der Waals surface area contributed by atoms with Gasteiger partial charge in [-0.3, -0.25) is 0 Å². The molecule has 0 radical (unpaired) electrons. The van der Waals surface area contributed by atoms with E-state index in [4.69, 9.17) is 27.4 Å². The fourth-order valence-corrected chi connectivity index (χ4v) is 2.28. The Morgan fingerprint density at radius 1 is 1.00 bits per heavy atom. The molecule has 24 heavy (non-hydrogen) atoms. The highest BCUT2D eigenvalue weighted by Crippen LogP contribution is 2.31. The molecule has 1 unspecified atom stereocenters. The van der Waals surface area contributed by atoms with Gasteiger partial charge in [0.15, 0.2) is 5.57 Å². The first-order valence-electron chi connectivity index (χ1n) is 6.84. The summed E-state index contributed by atoms with van der Waals surface area (Å²) in [5.74, 6) is 0. The SMILES string of the molecule is N#CC(C#N)=C(C#N)Nc1cc(Cl)ccc1C(O)c1ccccc1. The molecular weight excluding hydrogens is 324 g/mol. The van der Waals surface area contributed by atoms with Crippen molar-refractivity contribution in [3.63, 3.8) is 0 Å². The van der Waals surface area contributed by atoms with E-state index in [9.17, 15) is 5.11 Å². The van der Waals surface area contributed by atoms with Crippen LogP contribution in [0.2, 0.25) is 5.02 Å². The molecule has 0 amide bonds. The molecule has 0 aromatic heterocycles. The maximum Gasteiger partial charge on any atom is 0.163 e. The lowest BCUT2D eigenvalue weighted by Gasteiger charge is -2.17. The second kappa shape index (κ2) is 7.81. The molecule has 0 aliphatic heterocycles. The Bertz CT molecular complexity index is 885. The van der Waals surface area contributed by atoms with Crippen LogP contribution in [0.25, 0.3) is 0 Å². The largest absolute Gasteiger partial charge is 0.384 e. The number of benzene rings is 2. The Hall–Kier alpha value is -3.30. The van der Waals surface area contributed by atoms with Gasteiger partial charge in [-0.1, -0.05) is 48.0 Å². The molecule has 0 heterocycles. The summed E-state index contributed by atoms with van der Waals surface area (Å²) in [4.78, 5) is 0. The van der Waals surface area contributed by atoms with E-state index in [-0.39, 0.29) is 11.3 Å². The highest BCUT2D eigenvalue weighted by atomic mass is 35.5. The van der Waals surface area contributed by atoms with Crippen molar-refractivity contribution in [2.75, 3.05) is 5.32 Å². The van der Waals surface area contributed by atoms with Gasteiger partial charge in [0.2, 0.25) is 0 Å². The van der Waals surface area contributed by atoms with Crippen molar-refractivity contribution in [3.05, 3.63) is 76.0 Å². The number of halogens is 1. The summed E-state index contributed by atoms with van der Waals surface area (Å²) >= 11 is 5.99. The highest BCUT2D eigenvalue weighted by Gasteiger charge is 2.17. The van der Waals surface area contributed by atoms with E-state index >= 15 is 0 Å². The van der Waals surface area contributed by atoms with Crippen molar-refractivity contribution in [3.8, 4) is 18.2 Å². The molecule has 0 saturated carbocycles. The molecule has 0 fully saturated rings. The third-order valence-corrected chi connectivity index (χ3v) is 3.51. The van der Waals surface area contributed by atoms with E-state index in [1.165, 1.54) is 6.07 Å². The number of nitrogens with one attached hydrogen (secondary N) is 1. The van der Waals surface area contributed by atoms with Crippen LogP contribution in [0.1, 0.15) is 17.2 Å². The highest BCUT2D eigenvalue weighted by molar-refractivity contribution is 6.30. The number of rotatable bonds is 4. The van der Waals surface area contributed by atoms with E-state index in [0.29, 0.717) is 21.8 Å². The smallest absolute Gasteiger partial charge is 0.163 e. The van der Waals surface area contributed by atoms with Crippen molar-refractivity contribution < 1.29 is 5.11 Å². The zero-order valence-corrected chi connectivity index (χ0v) is 13.1. The van der Waals surface area contributed by atoms with E-state index < -0.39 is 6.10 Å². The summed E-state index contributed by atoms with van der Waals surface area (Å²) in [6.45, 7) is 0. The van der Waals surface area contributed by atoms with Crippen molar-refractivity contribution in [1.82, 2.24) is 0 Å². The minimum atomic E-state index is -0.960. The second-order valence-electron chi connectivity index (χ2n) is 4.76. The number of nitriles is 3. The zero-order valence-electron chi connectivity index (χ0n) is 12.4. The predicted octanol–water partition coefficient (Wildman–Crippen LogP) is 3.66. The molecule has 1 atom stereocenters.